The normalized spacial score (nSPS) is 19.8. The van der Waals surface area contributed by atoms with Crippen LogP contribution in [0.1, 0.15) is 28.9 Å². The Balaban J connectivity index is 1.72. The highest BCUT2D eigenvalue weighted by Gasteiger charge is 2.27. The number of amides is 1. The molecule has 0 saturated carbocycles. The molecule has 1 fully saturated rings. The van der Waals surface area contributed by atoms with Gasteiger partial charge in [-0.3, -0.25) is 4.79 Å². The quantitative estimate of drug-likeness (QED) is 0.898. The fourth-order valence-corrected chi connectivity index (χ4v) is 3.73. The Kier molecular flexibility index (Phi) is 4.11. The number of pyridine rings is 1. The molecule has 1 unspecified atom stereocenters. The van der Waals surface area contributed by atoms with E-state index in [2.05, 4.69) is 10.3 Å². The van der Waals surface area contributed by atoms with Crippen LogP contribution in [0.3, 0.4) is 0 Å². The van der Waals surface area contributed by atoms with Crippen LogP contribution in [0, 0.1) is 6.92 Å². The molecular weight excluding hydrogens is 316 g/mol. The minimum atomic E-state index is -3.22. The van der Waals surface area contributed by atoms with Crippen molar-refractivity contribution in [2.45, 2.75) is 25.8 Å². The molecule has 1 aliphatic heterocycles. The summed E-state index contributed by atoms with van der Waals surface area (Å²) in [5, 5.41) is 2.89. The van der Waals surface area contributed by atoms with Gasteiger partial charge < -0.3 is 9.72 Å². The number of sulfonamides is 1. The minimum absolute atomic E-state index is 0.183. The second-order valence-electron chi connectivity index (χ2n) is 6.03. The van der Waals surface area contributed by atoms with Crippen molar-refractivity contribution in [1.29, 1.82) is 0 Å². The van der Waals surface area contributed by atoms with E-state index in [0.29, 0.717) is 18.8 Å². The van der Waals surface area contributed by atoms with Crippen molar-refractivity contribution in [1.82, 2.24) is 19.0 Å². The lowest BCUT2D eigenvalue weighted by molar-refractivity contribution is 0.0917. The lowest BCUT2D eigenvalue weighted by Crippen LogP contribution is -2.49. The zero-order valence-electron chi connectivity index (χ0n) is 13.2. The highest BCUT2D eigenvalue weighted by Crippen LogP contribution is 2.14. The molecule has 2 aromatic rings. The molecule has 0 aromatic carbocycles. The summed E-state index contributed by atoms with van der Waals surface area (Å²) in [6.07, 6.45) is 6.25. The van der Waals surface area contributed by atoms with Gasteiger partial charge >= 0.3 is 0 Å². The van der Waals surface area contributed by atoms with Crippen molar-refractivity contribution >= 4 is 21.6 Å². The number of carbonyl (C=O) groups excluding carboxylic acids is 1. The second-order valence-corrected chi connectivity index (χ2v) is 8.01. The number of aryl methyl sites for hydroxylation is 1. The lowest BCUT2D eigenvalue weighted by Gasteiger charge is -2.31. The Morgan fingerprint density at radius 3 is 2.96 bits per heavy atom. The summed E-state index contributed by atoms with van der Waals surface area (Å²) in [6, 6.07) is 3.67. The summed E-state index contributed by atoms with van der Waals surface area (Å²) in [4.78, 5) is 16.7. The van der Waals surface area contributed by atoms with Gasteiger partial charge in [0, 0.05) is 31.5 Å². The first-order valence-corrected chi connectivity index (χ1v) is 9.39. The van der Waals surface area contributed by atoms with Gasteiger partial charge in [-0.05, 0) is 37.5 Å². The van der Waals surface area contributed by atoms with Crippen molar-refractivity contribution in [3.05, 3.63) is 35.8 Å². The molecule has 1 saturated heterocycles. The van der Waals surface area contributed by atoms with Crippen LogP contribution in [0.2, 0.25) is 0 Å². The van der Waals surface area contributed by atoms with Crippen LogP contribution in [-0.4, -0.2) is 53.4 Å². The van der Waals surface area contributed by atoms with E-state index < -0.39 is 10.0 Å². The SMILES string of the molecule is Cc1ccn2cc(C(=O)NC3CCCN(S(C)(=O)=O)C3)nc2c1. The smallest absolute Gasteiger partial charge is 0.271 e. The van der Waals surface area contributed by atoms with E-state index in [1.54, 1.807) is 10.6 Å². The minimum Gasteiger partial charge on any atom is -0.347 e. The van der Waals surface area contributed by atoms with E-state index >= 15 is 0 Å². The lowest BCUT2D eigenvalue weighted by atomic mass is 10.1. The molecule has 1 amide bonds. The van der Waals surface area contributed by atoms with Crippen molar-refractivity contribution < 1.29 is 13.2 Å². The van der Waals surface area contributed by atoms with Crippen LogP contribution in [-0.2, 0) is 10.0 Å². The Morgan fingerprint density at radius 1 is 1.43 bits per heavy atom. The van der Waals surface area contributed by atoms with E-state index in [1.807, 2.05) is 25.3 Å². The van der Waals surface area contributed by atoms with Gasteiger partial charge in [-0.25, -0.2) is 17.7 Å². The molecule has 2 aromatic heterocycles. The van der Waals surface area contributed by atoms with Gasteiger partial charge in [-0.1, -0.05) is 0 Å². The number of hydrogen-bond acceptors (Lipinski definition) is 4. The molecule has 1 atom stereocenters. The molecule has 1 aliphatic rings. The van der Waals surface area contributed by atoms with E-state index in [0.717, 1.165) is 24.1 Å². The maximum absolute atomic E-state index is 12.4. The van der Waals surface area contributed by atoms with Gasteiger partial charge in [0.25, 0.3) is 5.91 Å². The monoisotopic (exact) mass is 336 g/mol. The fraction of sp³-hybridized carbons (Fsp3) is 0.467. The maximum atomic E-state index is 12.4. The van der Waals surface area contributed by atoms with Gasteiger partial charge in [0.05, 0.1) is 6.26 Å². The average molecular weight is 336 g/mol. The molecule has 0 spiro atoms. The number of rotatable bonds is 3. The molecular formula is C15H20N4O3S. The van der Waals surface area contributed by atoms with E-state index in [-0.39, 0.29) is 11.9 Å². The van der Waals surface area contributed by atoms with E-state index in [1.165, 1.54) is 10.6 Å². The summed E-state index contributed by atoms with van der Waals surface area (Å²) in [7, 11) is -3.22. The number of imidazole rings is 1. The third-order valence-electron chi connectivity index (χ3n) is 4.04. The number of hydrogen-bond donors (Lipinski definition) is 1. The van der Waals surface area contributed by atoms with Crippen molar-refractivity contribution in [3.8, 4) is 0 Å². The number of aromatic nitrogens is 2. The number of nitrogens with zero attached hydrogens (tertiary/aromatic N) is 3. The molecule has 23 heavy (non-hydrogen) atoms. The number of fused-ring (bicyclic) bond motifs is 1. The topological polar surface area (TPSA) is 83.8 Å². The van der Waals surface area contributed by atoms with Crippen molar-refractivity contribution in [2.75, 3.05) is 19.3 Å². The number of carbonyl (C=O) groups is 1. The van der Waals surface area contributed by atoms with Gasteiger partial charge in [-0.2, -0.15) is 0 Å². The third-order valence-corrected chi connectivity index (χ3v) is 5.31. The molecule has 0 bridgehead atoms. The van der Waals surface area contributed by atoms with Gasteiger partial charge in [0.15, 0.2) is 0 Å². The average Bonchev–Trinajstić information content (AvgIpc) is 2.90. The molecule has 0 radical (unpaired) electrons. The summed E-state index contributed by atoms with van der Waals surface area (Å²) < 4.78 is 26.5. The van der Waals surface area contributed by atoms with Crippen LogP contribution >= 0.6 is 0 Å². The largest absolute Gasteiger partial charge is 0.347 e. The molecule has 3 rings (SSSR count). The predicted octanol–water partition coefficient (Wildman–Crippen LogP) is 0.797. The van der Waals surface area contributed by atoms with E-state index in [4.69, 9.17) is 0 Å². The molecule has 124 valence electrons. The zero-order chi connectivity index (χ0) is 16.6. The van der Waals surface area contributed by atoms with Crippen LogP contribution in [0.4, 0.5) is 0 Å². The molecule has 8 heteroatoms. The zero-order valence-corrected chi connectivity index (χ0v) is 14.0. The Morgan fingerprint density at radius 2 is 2.22 bits per heavy atom. The van der Waals surface area contributed by atoms with Gasteiger partial charge in [0.1, 0.15) is 11.3 Å². The Bertz CT molecular complexity index is 844. The number of nitrogens with one attached hydrogen (secondary N) is 1. The number of piperidine rings is 1. The fourth-order valence-electron chi connectivity index (χ4n) is 2.81. The summed E-state index contributed by atoms with van der Waals surface area (Å²) in [6.45, 7) is 2.80. The Hall–Kier alpha value is -1.93. The predicted molar refractivity (Wildman–Crippen MR) is 86.8 cm³/mol. The molecule has 7 nitrogen and oxygen atoms in total. The highest BCUT2D eigenvalue weighted by atomic mass is 32.2. The van der Waals surface area contributed by atoms with Gasteiger partial charge in [0.2, 0.25) is 10.0 Å². The molecule has 1 N–H and O–H groups in total. The first kappa shape index (κ1) is 15.9. The molecule has 3 heterocycles. The van der Waals surface area contributed by atoms with Crippen molar-refractivity contribution in [2.24, 2.45) is 0 Å². The third kappa shape index (κ3) is 3.53. The van der Waals surface area contributed by atoms with Crippen LogP contribution in [0.25, 0.3) is 5.65 Å². The highest BCUT2D eigenvalue weighted by molar-refractivity contribution is 7.88. The summed E-state index contributed by atoms with van der Waals surface area (Å²) in [5.74, 6) is -0.272. The first-order valence-electron chi connectivity index (χ1n) is 7.54. The second kappa shape index (κ2) is 5.93. The maximum Gasteiger partial charge on any atom is 0.271 e. The van der Waals surface area contributed by atoms with Crippen LogP contribution in [0.15, 0.2) is 24.5 Å². The summed E-state index contributed by atoms with van der Waals surface area (Å²) >= 11 is 0. The first-order chi connectivity index (χ1) is 10.8. The molecule has 0 aliphatic carbocycles. The van der Waals surface area contributed by atoms with E-state index in [9.17, 15) is 13.2 Å². The van der Waals surface area contributed by atoms with Crippen LogP contribution < -0.4 is 5.32 Å². The van der Waals surface area contributed by atoms with Gasteiger partial charge in [-0.15, -0.1) is 0 Å². The Labute approximate surface area is 135 Å². The van der Waals surface area contributed by atoms with Crippen molar-refractivity contribution in [3.63, 3.8) is 0 Å². The van der Waals surface area contributed by atoms with Crippen LogP contribution in [0.5, 0.6) is 0 Å². The standard InChI is InChI=1S/C15H20N4O3S/c1-11-5-7-18-10-13(17-14(18)8-11)15(20)16-12-4-3-6-19(9-12)23(2,21)22/h5,7-8,10,12H,3-4,6,9H2,1-2H3,(H,16,20). The summed E-state index contributed by atoms with van der Waals surface area (Å²) in [5.41, 5.74) is 2.13.